The predicted molar refractivity (Wildman–Crippen MR) is 58.2 cm³/mol. The van der Waals surface area contributed by atoms with E-state index in [1.54, 1.807) is 19.2 Å². The first kappa shape index (κ1) is 11.5. The summed E-state index contributed by atoms with van der Waals surface area (Å²) in [4.78, 5) is 22.5. The molecule has 0 saturated carbocycles. The maximum atomic E-state index is 11.5. The van der Waals surface area contributed by atoms with E-state index in [9.17, 15) is 9.59 Å². The third-order valence-electron chi connectivity index (χ3n) is 1.68. The summed E-state index contributed by atoms with van der Waals surface area (Å²) < 4.78 is 4.84. The number of hydrogen-bond acceptors (Lipinski definition) is 4. The van der Waals surface area contributed by atoms with E-state index in [2.05, 4.69) is 5.32 Å². The van der Waals surface area contributed by atoms with Gasteiger partial charge in [0.2, 0.25) is 0 Å². The predicted octanol–water partition coefficient (Wildman–Crippen LogP) is 1.72. The van der Waals surface area contributed by atoms with E-state index >= 15 is 0 Å². The van der Waals surface area contributed by atoms with E-state index in [0.717, 1.165) is 5.56 Å². The van der Waals surface area contributed by atoms with Crippen LogP contribution in [0.5, 0.6) is 0 Å². The van der Waals surface area contributed by atoms with E-state index in [1.165, 1.54) is 11.3 Å². The number of nitrogens with two attached hydrogens (primary N) is 1. The summed E-state index contributed by atoms with van der Waals surface area (Å²) in [5, 5.41) is 4.17. The van der Waals surface area contributed by atoms with Gasteiger partial charge in [-0.25, -0.2) is 9.59 Å². The second kappa shape index (κ2) is 4.79. The van der Waals surface area contributed by atoms with E-state index in [0.29, 0.717) is 17.2 Å². The Balaban J connectivity index is 2.97. The van der Waals surface area contributed by atoms with Gasteiger partial charge < -0.3 is 15.8 Å². The molecule has 0 saturated heterocycles. The number of thiophene rings is 1. The van der Waals surface area contributed by atoms with Gasteiger partial charge in [-0.15, -0.1) is 11.3 Å². The van der Waals surface area contributed by atoms with Crippen molar-refractivity contribution in [3.05, 3.63) is 15.8 Å². The van der Waals surface area contributed by atoms with E-state index in [-0.39, 0.29) is 0 Å². The summed E-state index contributed by atoms with van der Waals surface area (Å²) in [5.41, 5.74) is 6.23. The molecule has 1 aromatic rings. The molecule has 3 N–H and O–H groups in total. The fraction of sp³-hybridized carbons (Fsp3) is 0.333. The topological polar surface area (TPSA) is 81.4 Å². The number of urea groups is 1. The van der Waals surface area contributed by atoms with Gasteiger partial charge in [-0.05, 0) is 24.8 Å². The minimum Gasteiger partial charge on any atom is -0.462 e. The number of ether oxygens (including phenoxy) is 1. The number of hydrogen-bond donors (Lipinski definition) is 2. The highest BCUT2D eigenvalue weighted by Gasteiger charge is 2.17. The van der Waals surface area contributed by atoms with Crippen molar-refractivity contribution in [2.24, 2.45) is 5.73 Å². The number of carbonyl (C=O) groups excluding carboxylic acids is 2. The van der Waals surface area contributed by atoms with Crippen molar-refractivity contribution >= 4 is 29.0 Å². The molecular formula is C9H12N2O3S. The van der Waals surface area contributed by atoms with Crippen molar-refractivity contribution in [1.29, 1.82) is 0 Å². The van der Waals surface area contributed by atoms with Gasteiger partial charge in [0, 0.05) is 0 Å². The van der Waals surface area contributed by atoms with Crippen LogP contribution in [-0.4, -0.2) is 18.6 Å². The van der Waals surface area contributed by atoms with Crippen LogP contribution in [0.3, 0.4) is 0 Å². The number of anilines is 1. The second-order valence-electron chi connectivity index (χ2n) is 2.83. The van der Waals surface area contributed by atoms with Crippen molar-refractivity contribution in [2.45, 2.75) is 13.8 Å². The Kier molecular flexibility index (Phi) is 3.68. The molecular weight excluding hydrogens is 216 g/mol. The lowest BCUT2D eigenvalue weighted by atomic mass is 10.2. The second-order valence-corrected chi connectivity index (χ2v) is 3.71. The summed E-state index contributed by atoms with van der Waals surface area (Å²) in [6.07, 6.45) is 0. The van der Waals surface area contributed by atoms with Crippen molar-refractivity contribution in [1.82, 2.24) is 0 Å². The lowest BCUT2D eigenvalue weighted by Crippen LogP contribution is -2.21. The molecule has 0 spiro atoms. The van der Waals surface area contributed by atoms with Crippen LogP contribution in [0.25, 0.3) is 0 Å². The zero-order valence-corrected chi connectivity index (χ0v) is 9.31. The van der Waals surface area contributed by atoms with Crippen LogP contribution in [0.15, 0.2) is 5.38 Å². The Morgan fingerprint density at radius 3 is 2.80 bits per heavy atom. The molecule has 5 nitrogen and oxygen atoms in total. The molecule has 6 heteroatoms. The van der Waals surface area contributed by atoms with Crippen LogP contribution in [0.2, 0.25) is 0 Å². The molecule has 1 rings (SSSR count). The van der Waals surface area contributed by atoms with E-state index < -0.39 is 12.0 Å². The third kappa shape index (κ3) is 2.69. The van der Waals surface area contributed by atoms with Gasteiger partial charge in [0.25, 0.3) is 0 Å². The van der Waals surface area contributed by atoms with Crippen molar-refractivity contribution in [2.75, 3.05) is 11.9 Å². The molecule has 15 heavy (non-hydrogen) atoms. The number of nitrogens with one attached hydrogen (secondary N) is 1. The average Bonchev–Trinajstić information content (AvgIpc) is 2.48. The van der Waals surface area contributed by atoms with Crippen LogP contribution >= 0.6 is 11.3 Å². The molecule has 0 radical (unpaired) electrons. The number of rotatable bonds is 3. The molecule has 82 valence electrons. The quantitative estimate of drug-likeness (QED) is 0.773. The van der Waals surface area contributed by atoms with Crippen LogP contribution < -0.4 is 11.1 Å². The molecule has 0 unspecified atom stereocenters. The van der Waals surface area contributed by atoms with Crippen molar-refractivity contribution < 1.29 is 14.3 Å². The molecule has 0 atom stereocenters. The first-order chi connectivity index (χ1) is 7.06. The van der Waals surface area contributed by atoms with E-state index in [4.69, 9.17) is 10.5 Å². The smallest absolute Gasteiger partial charge is 0.350 e. The molecule has 0 aliphatic rings. The van der Waals surface area contributed by atoms with Crippen molar-refractivity contribution in [3.63, 3.8) is 0 Å². The van der Waals surface area contributed by atoms with Gasteiger partial charge in [0.1, 0.15) is 4.88 Å². The summed E-state index contributed by atoms with van der Waals surface area (Å²) in [7, 11) is 0. The number of amides is 2. The Labute approximate surface area is 91.2 Å². The standard InChI is InChI=1S/C9H12N2O3S/c1-3-14-8(12)7-6(11-9(10)13)5(2)4-15-7/h4H,3H2,1-2H3,(H3,10,11,13). The molecule has 2 amide bonds. The van der Waals surface area contributed by atoms with Crippen LogP contribution in [0.1, 0.15) is 22.2 Å². The number of aryl methyl sites for hydroxylation is 1. The maximum absolute atomic E-state index is 11.5. The zero-order chi connectivity index (χ0) is 11.4. The Bertz CT molecular complexity index is 387. The van der Waals surface area contributed by atoms with Crippen LogP contribution in [0.4, 0.5) is 10.5 Å². The van der Waals surface area contributed by atoms with Gasteiger partial charge in [-0.3, -0.25) is 0 Å². The maximum Gasteiger partial charge on any atom is 0.350 e. The minimum atomic E-state index is -0.693. The fourth-order valence-corrected chi connectivity index (χ4v) is 1.97. The fourth-order valence-electron chi connectivity index (χ4n) is 1.07. The summed E-state index contributed by atoms with van der Waals surface area (Å²) in [5.74, 6) is -0.445. The third-order valence-corrected chi connectivity index (χ3v) is 2.76. The first-order valence-electron chi connectivity index (χ1n) is 4.38. The molecule has 0 fully saturated rings. The molecule has 1 heterocycles. The van der Waals surface area contributed by atoms with Gasteiger partial charge in [-0.2, -0.15) is 0 Å². The van der Waals surface area contributed by atoms with Gasteiger partial charge in [0.15, 0.2) is 0 Å². The van der Waals surface area contributed by atoms with Crippen molar-refractivity contribution in [3.8, 4) is 0 Å². The highest BCUT2D eigenvalue weighted by molar-refractivity contribution is 7.12. The Hall–Kier alpha value is -1.56. The monoisotopic (exact) mass is 228 g/mol. The minimum absolute atomic E-state index is 0.297. The molecule has 0 aliphatic carbocycles. The molecule has 0 aliphatic heterocycles. The Morgan fingerprint density at radius 1 is 1.60 bits per heavy atom. The highest BCUT2D eigenvalue weighted by Crippen LogP contribution is 2.28. The summed E-state index contributed by atoms with van der Waals surface area (Å²) in [6, 6.07) is -0.693. The zero-order valence-electron chi connectivity index (χ0n) is 8.49. The van der Waals surface area contributed by atoms with Gasteiger partial charge in [-0.1, -0.05) is 0 Å². The first-order valence-corrected chi connectivity index (χ1v) is 5.25. The number of carbonyl (C=O) groups is 2. The molecule has 0 aromatic carbocycles. The normalized spacial score (nSPS) is 9.73. The van der Waals surface area contributed by atoms with Crippen LogP contribution in [-0.2, 0) is 4.74 Å². The SMILES string of the molecule is CCOC(=O)c1scc(C)c1NC(N)=O. The summed E-state index contributed by atoms with van der Waals surface area (Å²) in [6.45, 7) is 3.80. The number of esters is 1. The number of primary amides is 1. The molecule has 1 aromatic heterocycles. The van der Waals surface area contributed by atoms with Gasteiger partial charge >= 0.3 is 12.0 Å². The largest absolute Gasteiger partial charge is 0.462 e. The van der Waals surface area contributed by atoms with E-state index in [1.807, 2.05) is 0 Å². The lowest BCUT2D eigenvalue weighted by molar-refractivity contribution is 0.0533. The summed E-state index contributed by atoms with van der Waals surface area (Å²) >= 11 is 1.22. The molecule has 0 bridgehead atoms. The lowest BCUT2D eigenvalue weighted by Gasteiger charge is -2.04. The van der Waals surface area contributed by atoms with Crippen LogP contribution in [0, 0.1) is 6.92 Å². The average molecular weight is 228 g/mol. The van der Waals surface area contributed by atoms with Gasteiger partial charge in [0.05, 0.1) is 12.3 Å². The highest BCUT2D eigenvalue weighted by atomic mass is 32.1. The Morgan fingerprint density at radius 2 is 2.27 bits per heavy atom.